The molecule has 90 valence electrons. The van der Waals surface area contributed by atoms with E-state index in [0.717, 1.165) is 0 Å². The van der Waals surface area contributed by atoms with Crippen molar-refractivity contribution < 1.29 is 14.3 Å². The molecule has 0 aliphatic rings. The van der Waals surface area contributed by atoms with Crippen LogP contribution in [0.2, 0.25) is 0 Å². The molecule has 1 rings (SSSR count). The molecule has 0 N–H and O–H groups in total. The molecule has 17 heavy (non-hydrogen) atoms. The van der Waals surface area contributed by atoms with Gasteiger partial charge in [-0.25, -0.2) is 9.78 Å². The number of carbonyl (C=O) groups excluding carboxylic acids is 1. The van der Waals surface area contributed by atoms with Crippen molar-refractivity contribution in [2.24, 2.45) is 0 Å². The Morgan fingerprint density at radius 3 is 2.88 bits per heavy atom. The van der Waals surface area contributed by atoms with Crippen molar-refractivity contribution in [3.05, 3.63) is 17.5 Å². The number of hydrogen-bond donors (Lipinski definition) is 0. The Morgan fingerprint density at radius 2 is 2.29 bits per heavy atom. The summed E-state index contributed by atoms with van der Waals surface area (Å²) in [5.74, 6) is 5.00. The van der Waals surface area contributed by atoms with Crippen LogP contribution in [0.3, 0.4) is 0 Å². The minimum absolute atomic E-state index is 0.207. The summed E-state index contributed by atoms with van der Waals surface area (Å²) < 4.78 is 10.0. The second kappa shape index (κ2) is 6.48. The topological polar surface area (TPSA) is 61.3 Å². The molecule has 5 heteroatoms. The summed E-state index contributed by atoms with van der Waals surface area (Å²) in [6.45, 7) is 5.72. The molecule has 1 aromatic heterocycles. The first kappa shape index (κ1) is 13.0. The van der Waals surface area contributed by atoms with Crippen LogP contribution in [0.15, 0.2) is 6.20 Å². The van der Waals surface area contributed by atoms with Crippen LogP contribution in [-0.2, 0) is 4.74 Å². The van der Waals surface area contributed by atoms with Crippen molar-refractivity contribution in [3.8, 4) is 17.9 Å². The van der Waals surface area contributed by atoms with Gasteiger partial charge in [-0.3, -0.25) is 0 Å². The molecule has 0 aliphatic carbocycles. The zero-order valence-electron chi connectivity index (χ0n) is 10.1. The van der Waals surface area contributed by atoms with Crippen LogP contribution < -0.4 is 4.74 Å². The second-order valence-corrected chi connectivity index (χ2v) is 3.09. The predicted molar refractivity (Wildman–Crippen MR) is 61.7 cm³/mol. The normalized spacial score (nSPS) is 9.12. The van der Waals surface area contributed by atoms with Gasteiger partial charge in [0.2, 0.25) is 0 Å². The molecule has 0 saturated heterocycles. The summed E-state index contributed by atoms with van der Waals surface area (Å²) in [6, 6.07) is 0.207. The van der Waals surface area contributed by atoms with Crippen LogP contribution in [0.1, 0.15) is 29.9 Å². The molecular weight excluding hydrogens is 220 g/mol. The molecule has 0 fully saturated rings. The first-order valence-electron chi connectivity index (χ1n) is 5.22. The Labute approximate surface area is 100 Å². The van der Waals surface area contributed by atoms with Crippen molar-refractivity contribution in [3.63, 3.8) is 0 Å². The van der Waals surface area contributed by atoms with Crippen molar-refractivity contribution in [1.82, 2.24) is 9.97 Å². The van der Waals surface area contributed by atoms with Crippen LogP contribution in [-0.4, -0.2) is 29.2 Å². The maximum atomic E-state index is 11.5. The molecule has 0 unspecified atom stereocenters. The summed E-state index contributed by atoms with van der Waals surface area (Å²) in [5, 5.41) is 0. The van der Waals surface area contributed by atoms with Gasteiger partial charge in [0.25, 0.3) is 0 Å². The molecule has 0 aliphatic heterocycles. The van der Waals surface area contributed by atoms with Crippen molar-refractivity contribution in [2.45, 2.75) is 20.8 Å². The van der Waals surface area contributed by atoms with Crippen LogP contribution >= 0.6 is 0 Å². The summed E-state index contributed by atoms with van der Waals surface area (Å²) in [5.41, 5.74) is 0.874. The van der Waals surface area contributed by atoms with Crippen molar-refractivity contribution in [2.75, 3.05) is 13.2 Å². The number of esters is 1. The lowest BCUT2D eigenvalue weighted by Gasteiger charge is -2.05. The van der Waals surface area contributed by atoms with E-state index in [9.17, 15) is 4.79 Å². The Hall–Kier alpha value is -2.09. The molecule has 1 heterocycles. The SMILES string of the molecule is CC#CCOc1ncc(C(=O)OCC)c(C)n1. The Balaban J connectivity index is 2.77. The maximum absolute atomic E-state index is 11.5. The van der Waals surface area contributed by atoms with E-state index in [1.807, 2.05) is 0 Å². The fraction of sp³-hybridized carbons (Fsp3) is 0.417. The van der Waals surface area contributed by atoms with Crippen LogP contribution in [0.25, 0.3) is 0 Å². The monoisotopic (exact) mass is 234 g/mol. The van der Waals surface area contributed by atoms with Crippen LogP contribution in [0.5, 0.6) is 6.01 Å². The average molecular weight is 234 g/mol. The number of nitrogens with zero attached hydrogens (tertiary/aromatic N) is 2. The first-order chi connectivity index (χ1) is 8.19. The summed E-state index contributed by atoms with van der Waals surface area (Å²) >= 11 is 0. The molecule has 0 spiro atoms. The lowest BCUT2D eigenvalue weighted by Crippen LogP contribution is -2.10. The maximum Gasteiger partial charge on any atom is 0.341 e. The standard InChI is InChI=1S/C12H14N2O3/c1-4-6-7-17-12-13-8-10(9(3)14-12)11(15)16-5-2/h8H,5,7H2,1-3H3. The lowest BCUT2D eigenvalue weighted by atomic mass is 10.2. The molecular formula is C12H14N2O3. The Kier molecular flexibility index (Phi) is 4.95. The highest BCUT2D eigenvalue weighted by molar-refractivity contribution is 5.90. The molecule has 1 aromatic rings. The van der Waals surface area contributed by atoms with Gasteiger partial charge in [-0.1, -0.05) is 5.92 Å². The molecule has 0 atom stereocenters. The first-order valence-corrected chi connectivity index (χ1v) is 5.22. The van der Waals surface area contributed by atoms with Crippen LogP contribution in [0, 0.1) is 18.8 Å². The van der Waals surface area contributed by atoms with Gasteiger partial charge in [-0.2, -0.15) is 4.98 Å². The lowest BCUT2D eigenvalue weighted by molar-refractivity contribution is 0.0524. The summed E-state index contributed by atoms with van der Waals surface area (Å²) in [7, 11) is 0. The molecule has 0 radical (unpaired) electrons. The zero-order valence-corrected chi connectivity index (χ0v) is 10.1. The number of hydrogen-bond acceptors (Lipinski definition) is 5. The zero-order chi connectivity index (χ0) is 12.7. The van der Waals surface area contributed by atoms with E-state index in [2.05, 4.69) is 21.8 Å². The van der Waals surface area contributed by atoms with Crippen molar-refractivity contribution >= 4 is 5.97 Å². The van der Waals surface area contributed by atoms with E-state index in [-0.39, 0.29) is 12.6 Å². The number of rotatable bonds is 4. The fourth-order valence-electron chi connectivity index (χ4n) is 1.10. The van der Waals surface area contributed by atoms with Crippen LogP contribution in [0.4, 0.5) is 0 Å². The van der Waals surface area contributed by atoms with E-state index in [1.165, 1.54) is 6.20 Å². The smallest absolute Gasteiger partial charge is 0.341 e. The van der Waals surface area contributed by atoms with E-state index < -0.39 is 5.97 Å². The summed E-state index contributed by atoms with van der Waals surface area (Å²) in [6.07, 6.45) is 1.40. The Bertz CT molecular complexity index is 461. The third kappa shape index (κ3) is 3.76. The van der Waals surface area contributed by atoms with E-state index >= 15 is 0 Å². The average Bonchev–Trinajstić information content (AvgIpc) is 2.29. The van der Waals surface area contributed by atoms with Gasteiger partial charge in [0.1, 0.15) is 0 Å². The van der Waals surface area contributed by atoms with Gasteiger partial charge < -0.3 is 9.47 Å². The largest absolute Gasteiger partial charge is 0.462 e. The highest BCUT2D eigenvalue weighted by Gasteiger charge is 2.12. The van der Waals surface area contributed by atoms with E-state index in [4.69, 9.17) is 9.47 Å². The molecule has 0 amide bonds. The second-order valence-electron chi connectivity index (χ2n) is 3.09. The third-order valence-electron chi connectivity index (χ3n) is 1.90. The highest BCUT2D eigenvalue weighted by atomic mass is 16.5. The van der Waals surface area contributed by atoms with E-state index in [1.54, 1.807) is 20.8 Å². The minimum Gasteiger partial charge on any atom is -0.462 e. The molecule has 0 bridgehead atoms. The van der Waals surface area contributed by atoms with Gasteiger partial charge in [0.15, 0.2) is 6.61 Å². The number of carbonyl (C=O) groups is 1. The summed E-state index contributed by atoms with van der Waals surface area (Å²) in [4.78, 5) is 19.4. The fourth-order valence-corrected chi connectivity index (χ4v) is 1.10. The predicted octanol–water partition coefficient (Wildman–Crippen LogP) is 1.36. The minimum atomic E-state index is -0.426. The highest BCUT2D eigenvalue weighted by Crippen LogP contribution is 2.09. The van der Waals surface area contributed by atoms with Gasteiger partial charge >= 0.3 is 12.0 Å². The van der Waals surface area contributed by atoms with Gasteiger partial charge in [0.05, 0.1) is 17.9 Å². The van der Waals surface area contributed by atoms with Gasteiger partial charge in [-0.05, 0) is 20.8 Å². The van der Waals surface area contributed by atoms with Crippen molar-refractivity contribution in [1.29, 1.82) is 0 Å². The third-order valence-corrected chi connectivity index (χ3v) is 1.90. The number of aryl methyl sites for hydroxylation is 1. The Morgan fingerprint density at radius 1 is 1.53 bits per heavy atom. The number of ether oxygens (including phenoxy) is 2. The van der Waals surface area contributed by atoms with Gasteiger partial charge in [0, 0.05) is 6.20 Å². The van der Waals surface area contributed by atoms with E-state index in [0.29, 0.717) is 17.9 Å². The number of aromatic nitrogens is 2. The van der Waals surface area contributed by atoms with Gasteiger partial charge in [-0.15, -0.1) is 5.92 Å². The quantitative estimate of drug-likeness (QED) is 0.581. The molecule has 0 saturated carbocycles. The molecule has 0 aromatic carbocycles. The molecule has 5 nitrogen and oxygen atoms in total.